The number of hydrogen-bond acceptors (Lipinski definition) is 4. The molecule has 0 aliphatic rings. The van der Waals surface area contributed by atoms with Gasteiger partial charge in [-0.05, 0) is 25.0 Å². The fourth-order valence-corrected chi connectivity index (χ4v) is 2.77. The Morgan fingerprint density at radius 1 is 1.16 bits per heavy atom. The van der Waals surface area contributed by atoms with E-state index in [1.165, 1.54) is 19.0 Å². The molecule has 0 radical (unpaired) electrons. The van der Waals surface area contributed by atoms with Crippen LogP contribution in [0.1, 0.15) is 39.5 Å². The van der Waals surface area contributed by atoms with E-state index in [4.69, 9.17) is 0 Å². The molecule has 0 bridgehead atoms. The predicted octanol–water partition coefficient (Wildman–Crippen LogP) is 2.84. The molecule has 0 saturated carbocycles. The molecule has 0 atom stereocenters. The summed E-state index contributed by atoms with van der Waals surface area (Å²) in [5.74, 6) is 0.902. The third-order valence-corrected chi connectivity index (χ3v) is 4.09. The van der Waals surface area contributed by atoms with Gasteiger partial charge in [-0.3, -0.25) is 4.72 Å². The van der Waals surface area contributed by atoms with Gasteiger partial charge >= 0.3 is 0 Å². The number of hydrogen-bond donors (Lipinski definition) is 2. The molecule has 2 N–H and O–H groups in total. The van der Waals surface area contributed by atoms with Gasteiger partial charge in [-0.2, -0.15) is 0 Å². The van der Waals surface area contributed by atoms with Crippen LogP contribution in [0.5, 0.6) is 0 Å². The molecule has 0 aromatic carbocycles. The van der Waals surface area contributed by atoms with Crippen LogP contribution in [0.2, 0.25) is 0 Å². The molecule has 0 saturated heterocycles. The monoisotopic (exact) mass is 285 g/mol. The first-order chi connectivity index (χ1) is 9.07. The molecule has 5 nitrogen and oxygen atoms in total. The summed E-state index contributed by atoms with van der Waals surface area (Å²) in [6, 6.07) is 3.51. The van der Waals surface area contributed by atoms with Crippen LogP contribution in [0, 0.1) is 0 Å². The van der Waals surface area contributed by atoms with Gasteiger partial charge in [-0.1, -0.05) is 26.7 Å². The van der Waals surface area contributed by atoms with Gasteiger partial charge in [0, 0.05) is 6.54 Å². The topological polar surface area (TPSA) is 71.1 Å². The highest BCUT2D eigenvalue weighted by atomic mass is 32.2. The van der Waals surface area contributed by atoms with Crippen molar-refractivity contribution >= 4 is 21.5 Å². The van der Waals surface area contributed by atoms with Gasteiger partial charge < -0.3 is 5.32 Å². The Balaban J connectivity index is 2.47. The smallest absolute Gasteiger partial charge is 0.232 e. The fourth-order valence-electron chi connectivity index (χ4n) is 1.65. The number of nitrogens with zero attached hydrogens (tertiary/aromatic N) is 1. The molecule has 0 aliphatic carbocycles. The van der Waals surface area contributed by atoms with Gasteiger partial charge in [0.1, 0.15) is 5.82 Å². The van der Waals surface area contributed by atoms with Gasteiger partial charge in [0.15, 0.2) is 0 Å². The number of aromatic nitrogens is 1. The first kappa shape index (κ1) is 15.8. The van der Waals surface area contributed by atoms with E-state index in [1.807, 2.05) is 6.92 Å². The molecule has 108 valence electrons. The lowest BCUT2D eigenvalue weighted by molar-refractivity contribution is 0.600. The third kappa shape index (κ3) is 6.42. The van der Waals surface area contributed by atoms with E-state index in [-0.39, 0.29) is 5.75 Å². The number of unbranched alkanes of at least 4 members (excludes halogenated alkanes) is 2. The summed E-state index contributed by atoms with van der Waals surface area (Å²) in [5.41, 5.74) is 0.507. The molecule has 19 heavy (non-hydrogen) atoms. The normalized spacial score (nSPS) is 11.3. The average Bonchev–Trinajstić information content (AvgIpc) is 2.36. The molecule has 0 aliphatic heterocycles. The number of nitrogens with one attached hydrogen (secondary N) is 2. The van der Waals surface area contributed by atoms with Crippen molar-refractivity contribution < 1.29 is 8.42 Å². The highest BCUT2D eigenvalue weighted by Gasteiger charge is 2.08. The molecule has 0 spiro atoms. The molecular weight excluding hydrogens is 262 g/mol. The first-order valence-electron chi connectivity index (χ1n) is 6.78. The van der Waals surface area contributed by atoms with Gasteiger partial charge in [-0.15, -0.1) is 0 Å². The van der Waals surface area contributed by atoms with E-state index in [2.05, 4.69) is 21.9 Å². The van der Waals surface area contributed by atoms with Crippen LogP contribution in [-0.4, -0.2) is 25.7 Å². The van der Waals surface area contributed by atoms with Crippen LogP contribution < -0.4 is 10.0 Å². The molecule has 0 amide bonds. The lowest BCUT2D eigenvalue weighted by atomic mass is 10.2. The Kier molecular flexibility index (Phi) is 6.62. The Morgan fingerprint density at radius 3 is 2.53 bits per heavy atom. The zero-order chi connectivity index (χ0) is 14.1. The summed E-state index contributed by atoms with van der Waals surface area (Å²) < 4.78 is 25.7. The molecule has 1 rings (SSSR count). The Bertz CT molecular complexity index is 457. The van der Waals surface area contributed by atoms with Crippen molar-refractivity contribution in [2.45, 2.75) is 39.5 Å². The number of rotatable bonds is 9. The van der Waals surface area contributed by atoms with Crippen molar-refractivity contribution in [3.05, 3.63) is 18.3 Å². The van der Waals surface area contributed by atoms with E-state index >= 15 is 0 Å². The van der Waals surface area contributed by atoms with E-state index in [1.54, 1.807) is 12.1 Å². The van der Waals surface area contributed by atoms with Crippen molar-refractivity contribution in [2.24, 2.45) is 0 Å². The second-order valence-electron chi connectivity index (χ2n) is 4.49. The maximum atomic E-state index is 11.6. The SMILES string of the molecule is CCCCCNc1ccc(NS(=O)(=O)CCC)cn1. The van der Waals surface area contributed by atoms with Crippen molar-refractivity contribution in [3.63, 3.8) is 0 Å². The minimum absolute atomic E-state index is 0.129. The van der Waals surface area contributed by atoms with Crippen molar-refractivity contribution in [3.8, 4) is 0 Å². The zero-order valence-corrected chi connectivity index (χ0v) is 12.5. The maximum Gasteiger partial charge on any atom is 0.232 e. The number of anilines is 2. The molecule has 0 fully saturated rings. The Labute approximate surface area is 115 Å². The maximum absolute atomic E-state index is 11.6. The van der Waals surface area contributed by atoms with Crippen LogP contribution >= 0.6 is 0 Å². The summed E-state index contributed by atoms with van der Waals surface area (Å²) in [6.45, 7) is 4.89. The van der Waals surface area contributed by atoms with Crippen molar-refractivity contribution in [1.29, 1.82) is 0 Å². The van der Waals surface area contributed by atoms with Gasteiger partial charge in [-0.25, -0.2) is 13.4 Å². The summed E-state index contributed by atoms with van der Waals surface area (Å²) in [4.78, 5) is 4.18. The van der Waals surface area contributed by atoms with Crippen LogP contribution in [-0.2, 0) is 10.0 Å². The second kappa shape index (κ2) is 7.99. The van der Waals surface area contributed by atoms with Crippen LogP contribution in [0.3, 0.4) is 0 Å². The summed E-state index contributed by atoms with van der Waals surface area (Å²) >= 11 is 0. The lowest BCUT2D eigenvalue weighted by Crippen LogP contribution is -2.16. The van der Waals surface area contributed by atoms with E-state index in [0.29, 0.717) is 12.1 Å². The highest BCUT2D eigenvalue weighted by molar-refractivity contribution is 7.92. The minimum atomic E-state index is -3.23. The third-order valence-electron chi connectivity index (χ3n) is 2.60. The van der Waals surface area contributed by atoms with Crippen LogP contribution in [0.15, 0.2) is 18.3 Å². The molecular formula is C13H23N3O2S. The van der Waals surface area contributed by atoms with Crippen molar-refractivity contribution in [2.75, 3.05) is 22.3 Å². The van der Waals surface area contributed by atoms with E-state index in [0.717, 1.165) is 18.8 Å². The largest absolute Gasteiger partial charge is 0.370 e. The zero-order valence-electron chi connectivity index (χ0n) is 11.6. The quantitative estimate of drug-likeness (QED) is 0.684. The molecule has 1 heterocycles. The lowest BCUT2D eigenvalue weighted by Gasteiger charge is -2.08. The van der Waals surface area contributed by atoms with Crippen LogP contribution in [0.25, 0.3) is 0 Å². The molecule has 0 unspecified atom stereocenters. The van der Waals surface area contributed by atoms with Crippen molar-refractivity contribution in [1.82, 2.24) is 4.98 Å². The van der Waals surface area contributed by atoms with Gasteiger partial charge in [0.05, 0.1) is 17.6 Å². The van der Waals surface area contributed by atoms with Gasteiger partial charge in [0.2, 0.25) is 10.0 Å². The average molecular weight is 285 g/mol. The van der Waals surface area contributed by atoms with E-state index < -0.39 is 10.0 Å². The summed E-state index contributed by atoms with van der Waals surface area (Å²) in [5, 5.41) is 3.21. The minimum Gasteiger partial charge on any atom is -0.370 e. The fraction of sp³-hybridized carbons (Fsp3) is 0.615. The number of pyridine rings is 1. The standard InChI is InChI=1S/C13H23N3O2S/c1-3-5-6-9-14-13-8-7-12(11-15-13)16-19(17,18)10-4-2/h7-8,11,16H,3-6,9-10H2,1-2H3,(H,14,15). The Morgan fingerprint density at radius 2 is 1.95 bits per heavy atom. The summed E-state index contributed by atoms with van der Waals surface area (Å²) in [6.07, 6.45) is 5.63. The van der Waals surface area contributed by atoms with Crippen LogP contribution in [0.4, 0.5) is 11.5 Å². The molecule has 1 aromatic heterocycles. The van der Waals surface area contributed by atoms with Gasteiger partial charge in [0.25, 0.3) is 0 Å². The first-order valence-corrected chi connectivity index (χ1v) is 8.43. The second-order valence-corrected chi connectivity index (χ2v) is 6.33. The predicted molar refractivity (Wildman–Crippen MR) is 80.0 cm³/mol. The number of sulfonamides is 1. The van der Waals surface area contributed by atoms with E-state index in [9.17, 15) is 8.42 Å². The molecule has 6 heteroatoms. The summed E-state index contributed by atoms with van der Waals surface area (Å²) in [7, 11) is -3.23. The highest BCUT2D eigenvalue weighted by Crippen LogP contribution is 2.12. The molecule has 1 aromatic rings. The Hall–Kier alpha value is -1.30.